The number of nitrogens with zero attached hydrogens (tertiary/aromatic N) is 4. The second kappa shape index (κ2) is 7.67. The fourth-order valence-electron chi connectivity index (χ4n) is 2.46. The Morgan fingerprint density at radius 1 is 1.14 bits per heavy atom. The van der Waals surface area contributed by atoms with Gasteiger partial charge in [0.25, 0.3) is 5.91 Å². The first-order chi connectivity index (χ1) is 13.2. The van der Waals surface area contributed by atoms with Gasteiger partial charge in [-0.15, -0.1) is 5.10 Å². The molecule has 0 atom stereocenters. The topological polar surface area (TPSA) is 81.9 Å². The monoisotopic (exact) mass is 391 g/mol. The maximum absolute atomic E-state index is 12.5. The van der Waals surface area contributed by atoms with Gasteiger partial charge in [0, 0.05) is 5.69 Å². The van der Waals surface area contributed by atoms with Crippen molar-refractivity contribution in [2.24, 2.45) is 0 Å². The number of halogens is 3. The Kier molecular flexibility index (Phi) is 5.30. The zero-order chi connectivity index (χ0) is 20.3. The largest absolute Gasteiger partial charge is 0.484 e. The first-order valence-electron chi connectivity index (χ1n) is 8.20. The molecular weight excluding hydrogens is 375 g/mol. The summed E-state index contributed by atoms with van der Waals surface area (Å²) in [6, 6.07) is 9.37. The third kappa shape index (κ3) is 4.45. The maximum Gasteiger partial charge on any atom is 0.416 e. The molecule has 0 radical (unpaired) electrons. The normalized spacial score (nSPS) is 11.3. The van der Waals surface area contributed by atoms with Gasteiger partial charge in [-0.05, 0) is 66.2 Å². The van der Waals surface area contributed by atoms with Crippen molar-refractivity contribution in [3.8, 4) is 11.4 Å². The summed E-state index contributed by atoms with van der Waals surface area (Å²) in [5.74, 6) is 0.303. The minimum absolute atomic E-state index is 0.164. The predicted octanol–water partition coefficient (Wildman–Crippen LogP) is 3.32. The van der Waals surface area contributed by atoms with Crippen LogP contribution in [-0.2, 0) is 11.0 Å². The van der Waals surface area contributed by atoms with Crippen LogP contribution in [0.2, 0.25) is 0 Å². The molecule has 7 nitrogen and oxygen atoms in total. The summed E-state index contributed by atoms with van der Waals surface area (Å²) in [6.07, 6.45) is -4.42. The molecule has 0 saturated carbocycles. The van der Waals surface area contributed by atoms with Crippen molar-refractivity contribution < 1.29 is 22.7 Å². The molecule has 0 bridgehead atoms. The summed E-state index contributed by atoms with van der Waals surface area (Å²) in [4.78, 5) is 12.1. The van der Waals surface area contributed by atoms with Crippen molar-refractivity contribution in [2.45, 2.75) is 20.0 Å². The SMILES string of the molecule is Cc1ccc(NC(=O)COc2ccc(C(F)(F)F)cc2)cc1-n1nnnc1C. The molecule has 0 saturated heterocycles. The quantitative estimate of drug-likeness (QED) is 0.722. The third-order valence-electron chi connectivity index (χ3n) is 3.90. The fraction of sp³-hybridized carbons (Fsp3) is 0.222. The zero-order valence-electron chi connectivity index (χ0n) is 15.0. The Balaban J connectivity index is 1.63. The van der Waals surface area contributed by atoms with E-state index in [-0.39, 0.29) is 12.4 Å². The number of ether oxygens (including phenoxy) is 1. The van der Waals surface area contributed by atoms with Crippen molar-refractivity contribution in [1.82, 2.24) is 20.2 Å². The van der Waals surface area contributed by atoms with Crippen LogP contribution in [0, 0.1) is 13.8 Å². The van der Waals surface area contributed by atoms with Crippen LogP contribution in [0.1, 0.15) is 17.0 Å². The highest BCUT2D eigenvalue weighted by molar-refractivity contribution is 5.92. The van der Waals surface area contributed by atoms with Crippen LogP contribution in [0.3, 0.4) is 0 Å². The van der Waals surface area contributed by atoms with E-state index in [1.54, 1.807) is 23.7 Å². The molecule has 2 aromatic carbocycles. The number of carbonyl (C=O) groups excluding carboxylic acids is 1. The zero-order valence-corrected chi connectivity index (χ0v) is 15.0. The van der Waals surface area contributed by atoms with Gasteiger partial charge in [0.2, 0.25) is 0 Å². The summed E-state index contributed by atoms with van der Waals surface area (Å²) in [7, 11) is 0. The van der Waals surface area contributed by atoms with Crippen molar-refractivity contribution in [3.05, 3.63) is 59.4 Å². The van der Waals surface area contributed by atoms with E-state index in [2.05, 4.69) is 20.8 Å². The molecule has 0 fully saturated rings. The van der Waals surface area contributed by atoms with E-state index in [9.17, 15) is 18.0 Å². The summed E-state index contributed by atoms with van der Waals surface area (Å²) in [6.45, 7) is 3.29. The van der Waals surface area contributed by atoms with Crippen molar-refractivity contribution in [2.75, 3.05) is 11.9 Å². The average Bonchev–Trinajstić information content (AvgIpc) is 3.07. The molecule has 1 amide bonds. The second-order valence-corrected chi connectivity index (χ2v) is 6.00. The predicted molar refractivity (Wildman–Crippen MR) is 94.2 cm³/mol. The van der Waals surface area contributed by atoms with Gasteiger partial charge in [0.1, 0.15) is 5.75 Å². The average molecular weight is 391 g/mol. The molecule has 3 rings (SSSR count). The molecule has 0 aliphatic heterocycles. The molecule has 146 valence electrons. The van der Waals surface area contributed by atoms with E-state index >= 15 is 0 Å². The molecule has 1 heterocycles. The summed E-state index contributed by atoms with van der Waals surface area (Å²) >= 11 is 0. The highest BCUT2D eigenvalue weighted by atomic mass is 19.4. The number of amides is 1. The summed E-state index contributed by atoms with van der Waals surface area (Å²) in [5.41, 5.74) is 1.35. The standard InChI is InChI=1S/C18H16F3N5O2/c1-11-3-6-14(9-16(11)26-12(2)23-24-25-26)22-17(27)10-28-15-7-4-13(5-8-15)18(19,20)21/h3-9H,10H2,1-2H3,(H,22,27). The Labute approximate surface area is 158 Å². The van der Waals surface area contributed by atoms with Crippen LogP contribution in [-0.4, -0.2) is 32.7 Å². The lowest BCUT2D eigenvalue weighted by Gasteiger charge is -2.11. The van der Waals surface area contributed by atoms with Gasteiger partial charge in [-0.2, -0.15) is 17.9 Å². The van der Waals surface area contributed by atoms with Crippen molar-refractivity contribution in [3.63, 3.8) is 0 Å². The molecule has 0 aliphatic rings. The van der Waals surface area contributed by atoms with E-state index in [0.29, 0.717) is 17.2 Å². The number of anilines is 1. The fourth-order valence-corrected chi connectivity index (χ4v) is 2.46. The number of benzene rings is 2. The number of alkyl halides is 3. The number of nitrogens with one attached hydrogen (secondary N) is 1. The van der Waals surface area contributed by atoms with E-state index in [1.807, 2.05) is 13.0 Å². The molecular formula is C18H16F3N5O2. The number of hydrogen-bond acceptors (Lipinski definition) is 5. The molecule has 1 aromatic heterocycles. The van der Waals surface area contributed by atoms with Crippen molar-refractivity contribution >= 4 is 11.6 Å². The Morgan fingerprint density at radius 3 is 2.46 bits per heavy atom. The number of aryl methyl sites for hydroxylation is 2. The molecule has 0 spiro atoms. The van der Waals surface area contributed by atoms with E-state index < -0.39 is 17.6 Å². The highest BCUT2D eigenvalue weighted by Crippen LogP contribution is 2.30. The highest BCUT2D eigenvalue weighted by Gasteiger charge is 2.30. The van der Waals surface area contributed by atoms with Gasteiger partial charge in [0.05, 0.1) is 11.3 Å². The lowest BCUT2D eigenvalue weighted by molar-refractivity contribution is -0.137. The number of rotatable bonds is 5. The van der Waals surface area contributed by atoms with Gasteiger partial charge in [-0.25, -0.2) is 0 Å². The molecule has 0 unspecified atom stereocenters. The number of hydrogen-bond donors (Lipinski definition) is 1. The van der Waals surface area contributed by atoms with Gasteiger partial charge in [0.15, 0.2) is 12.4 Å². The number of tetrazole rings is 1. The van der Waals surface area contributed by atoms with E-state index in [0.717, 1.165) is 17.7 Å². The minimum Gasteiger partial charge on any atom is -0.484 e. The second-order valence-electron chi connectivity index (χ2n) is 6.00. The Hall–Kier alpha value is -3.43. The van der Waals surface area contributed by atoms with Crippen LogP contribution in [0.5, 0.6) is 5.75 Å². The van der Waals surface area contributed by atoms with E-state index in [1.165, 1.54) is 12.1 Å². The first-order valence-corrected chi connectivity index (χ1v) is 8.20. The summed E-state index contributed by atoms with van der Waals surface area (Å²) < 4.78 is 44.4. The van der Waals surface area contributed by atoms with Gasteiger partial charge < -0.3 is 10.1 Å². The lowest BCUT2D eigenvalue weighted by atomic mass is 10.2. The molecule has 0 aliphatic carbocycles. The number of carbonyl (C=O) groups is 1. The molecule has 1 N–H and O–H groups in total. The van der Waals surface area contributed by atoms with Crippen LogP contribution in [0.4, 0.5) is 18.9 Å². The van der Waals surface area contributed by atoms with Gasteiger partial charge in [-0.1, -0.05) is 6.07 Å². The van der Waals surface area contributed by atoms with Crippen LogP contribution < -0.4 is 10.1 Å². The first kappa shape index (κ1) is 19.3. The van der Waals surface area contributed by atoms with Gasteiger partial charge in [-0.3, -0.25) is 4.79 Å². The van der Waals surface area contributed by atoms with E-state index in [4.69, 9.17) is 4.74 Å². The maximum atomic E-state index is 12.5. The van der Waals surface area contributed by atoms with Gasteiger partial charge >= 0.3 is 6.18 Å². The molecule has 28 heavy (non-hydrogen) atoms. The Morgan fingerprint density at radius 2 is 1.86 bits per heavy atom. The third-order valence-corrected chi connectivity index (χ3v) is 3.90. The van der Waals surface area contributed by atoms with Crippen LogP contribution >= 0.6 is 0 Å². The molecule has 3 aromatic rings. The van der Waals surface area contributed by atoms with Crippen molar-refractivity contribution in [1.29, 1.82) is 0 Å². The molecule has 10 heteroatoms. The lowest BCUT2D eigenvalue weighted by Crippen LogP contribution is -2.20. The minimum atomic E-state index is -4.42. The smallest absolute Gasteiger partial charge is 0.416 e. The Bertz CT molecular complexity index is 984. The van der Waals surface area contributed by atoms with Crippen LogP contribution in [0.15, 0.2) is 42.5 Å². The van der Waals surface area contributed by atoms with Crippen LogP contribution in [0.25, 0.3) is 5.69 Å². The summed E-state index contributed by atoms with van der Waals surface area (Å²) in [5, 5.41) is 14.0. The number of aromatic nitrogens is 4.